The van der Waals surface area contributed by atoms with E-state index >= 15 is 0 Å². The molecule has 0 spiro atoms. The lowest BCUT2D eigenvalue weighted by molar-refractivity contribution is 0.413. The summed E-state index contributed by atoms with van der Waals surface area (Å²) in [6.45, 7) is 0. The van der Waals surface area contributed by atoms with Crippen LogP contribution in [0.25, 0.3) is 27.7 Å². The molecular weight excluding hydrogens is 630 g/mol. The first-order valence-electron chi connectivity index (χ1n) is 13.0. The second-order valence-electron chi connectivity index (χ2n) is 9.33. The molecule has 0 unspecified atom stereocenters. The number of nitrogens with two attached hydrogens (primary N) is 1. The van der Waals surface area contributed by atoms with Crippen molar-refractivity contribution >= 4 is 32.8 Å². The van der Waals surface area contributed by atoms with Crippen LogP contribution in [0.15, 0.2) is 101 Å². The molecule has 46 heavy (non-hydrogen) atoms. The average Bonchev–Trinajstić information content (AvgIpc) is 3.04. The van der Waals surface area contributed by atoms with Crippen LogP contribution >= 0.6 is 0 Å². The fourth-order valence-electron chi connectivity index (χ4n) is 4.22. The van der Waals surface area contributed by atoms with Gasteiger partial charge in [0.05, 0.1) is 48.0 Å². The van der Waals surface area contributed by atoms with Gasteiger partial charge in [0.1, 0.15) is 5.75 Å². The molecule has 3 N–H and O–H groups in total. The molecule has 0 aliphatic heterocycles. The van der Waals surface area contributed by atoms with Crippen molar-refractivity contribution in [2.75, 3.05) is 17.6 Å². The molecule has 11 nitrogen and oxygen atoms in total. The molecule has 0 saturated heterocycles. The first kappa shape index (κ1) is 31.5. The lowest BCUT2D eigenvalue weighted by Crippen LogP contribution is -2.19. The minimum atomic E-state index is -4.13. The third-order valence-electron chi connectivity index (χ3n) is 6.34. The van der Waals surface area contributed by atoms with Crippen molar-refractivity contribution in [3.63, 3.8) is 0 Å². The van der Waals surface area contributed by atoms with Crippen molar-refractivity contribution in [3.8, 4) is 22.6 Å². The number of ether oxygens (including phenoxy) is 1. The number of fused-ring (bicyclic) bond motifs is 1. The van der Waals surface area contributed by atoms with Crippen molar-refractivity contribution < 1.29 is 30.7 Å². The fourth-order valence-corrected chi connectivity index (χ4v) is 5.22. The van der Waals surface area contributed by atoms with Crippen LogP contribution < -0.4 is 20.8 Å². The van der Waals surface area contributed by atoms with E-state index in [2.05, 4.69) is 24.7 Å². The highest BCUT2D eigenvalue weighted by Gasteiger charge is 2.19. The molecule has 3 aromatic heterocycles. The summed E-state index contributed by atoms with van der Waals surface area (Å²) in [5, 5.41) is 0.416. The number of benzene rings is 3. The Hall–Kier alpha value is -5.90. The molecule has 0 aliphatic rings. The van der Waals surface area contributed by atoms with Crippen LogP contribution in [0.4, 0.5) is 29.5 Å². The molecule has 0 saturated carbocycles. The number of nitrogens with one attached hydrogen (secondary N) is 1. The quantitative estimate of drug-likeness (QED) is 0.240. The predicted octanol–water partition coefficient (Wildman–Crippen LogP) is 4.87. The number of nitrogens with zero attached hydrogens (tertiary/aromatic N) is 5. The van der Waals surface area contributed by atoms with Gasteiger partial charge in [-0.3, -0.25) is 9.36 Å². The second-order valence-corrected chi connectivity index (χ2v) is 11.0. The molecule has 0 fully saturated rings. The minimum absolute atomic E-state index is 0.0893. The smallest absolute Gasteiger partial charge is 0.264 e. The van der Waals surface area contributed by atoms with Crippen LogP contribution in [-0.2, 0) is 10.0 Å². The Kier molecular flexibility index (Phi) is 8.90. The number of methoxy groups -OCH3 is 1. The molecule has 0 bridgehead atoms. The van der Waals surface area contributed by atoms with Crippen molar-refractivity contribution in [1.82, 2.24) is 24.5 Å². The van der Waals surface area contributed by atoms with Crippen LogP contribution in [0.5, 0.6) is 5.75 Å². The van der Waals surface area contributed by atoms with Gasteiger partial charge in [0.2, 0.25) is 11.9 Å². The molecule has 16 heteroatoms. The third-order valence-corrected chi connectivity index (χ3v) is 7.66. The van der Waals surface area contributed by atoms with E-state index in [0.29, 0.717) is 27.7 Å². The summed E-state index contributed by atoms with van der Waals surface area (Å²) in [5.74, 6) is -3.10. The molecule has 0 amide bonds. The van der Waals surface area contributed by atoms with E-state index in [1.165, 1.54) is 48.1 Å². The third kappa shape index (κ3) is 6.91. The minimum Gasteiger partial charge on any atom is -0.495 e. The number of hydrogen-bond acceptors (Lipinski definition) is 9. The summed E-state index contributed by atoms with van der Waals surface area (Å²) in [7, 11) is -2.73. The number of sulfonamides is 1. The molecule has 0 aliphatic carbocycles. The fraction of sp³-hybridized carbons (Fsp3) is 0.0333. The zero-order valence-electron chi connectivity index (χ0n) is 23.5. The molecule has 6 aromatic rings. The Morgan fingerprint density at radius 1 is 0.761 bits per heavy atom. The molecule has 0 atom stereocenters. The largest absolute Gasteiger partial charge is 0.495 e. The Morgan fingerprint density at radius 2 is 1.39 bits per heavy atom. The van der Waals surface area contributed by atoms with Crippen LogP contribution in [0.2, 0.25) is 0 Å². The zero-order chi connectivity index (χ0) is 33.0. The van der Waals surface area contributed by atoms with E-state index in [0.717, 1.165) is 36.9 Å². The highest BCUT2D eigenvalue weighted by Crippen LogP contribution is 2.32. The van der Waals surface area contributed by atoms with E-state index in [4.69, 9.17) is 10.5 Å². The Morgan fingerprint density at radius 3 is 2.02 bits per heavy atom. The average molecular weight is 652 g/mol. The predicted molar refractivity (Wildman–Crippen MR) is 161 cm³/mol. The first-order chi connectivity index (χ1) is 21.9. The van der Waals surface area contributed by atoms with Crippen molar-refractivity contribution in [2.45, 2.75) is 4.90 Å². The SMILES string of the molecule is COc1cc(-c2ccc(F)c(F)c2)ccc1-n1c(=O)ccc2cc(S(=O)(=O)Nc3ncc(F)cn3)ccc21.Nc1ncc(F)cn1. The summed E-state index contributed by atoms with van der Waals surface area (Å²) >= 11 is 0. The molecule has 234 valence electrons. The lowest BCUT2D eigenvalue weighted by atomic mass is 10.0. The van der Waals surface area contributed by atoms with Gasteiger partial charge in [0.25, 0.3) is 15.6 Å². The van der Waals surface area contributed by atoms with E-state index in [9.17, 15) is 30.8 Å². The standard InChI is InChI=1S/C26H17F3N4O4S.C4H4FN3/c1-37-24-12-16(15-2-6-20(28)21(29)11-15)3-7-23(24)33-22-8-5-19(10-17(22)4-9-25(33)34)38(35,36)32-26-30-13-18(27)14-31-26;5-3-1-7-4(6)8-2-3/h2-14H,1H3,(H,30,31,32);1-2H,(H2,6,7,8). The van der Waals surface area contributed by atoms with Crippen LogP contribution in [0.3, 0.4) is 0 Å². The molecule has 3 aromatic carbocycles. The van der Waals surface area contributed by atoms with Gasteiger partial charge in [-0.1, -0.05) is 12.1 Å². The lowest BCUT2D eigenvalue weighted by Gasteiger charge is -2.16. The first-order valence-corrected chi connectivity index (χ1v) is 14.5. The summed E-state index contributed by atoms with van der Waals surface area (Å²) in [5.41, 5.74) is 6.30. The van der Waals surface area contributed by atoms with Gasteiger partial charge in [0.15, 0.2) is 23.3 Å². The summed E-state index contributed by atoms with van der Waals surface area (Å²) in [6.07, 6.45) is 3.69. The van der Waals surface area contributed by atoms with Gasteiger partial charge in [0, 0.05) is 11.5 Å². The molecule has 3 heterocycles. The van der Waals surface area contributed by atoms with Crippen LogP contribution in [-0.4, -0.2) is 40.0 Å². The summed E-state index contributed by atoms with van der Waals surface area (Å²) < 4.78 is 86.8. The highest BCUT2D eigenvalue weighted by molar-refractivity contribution is 7.92. The second kappa shape index (κ2) is 13.0. The van der Waals surface area contributed by atoms with Crippen LogP contribution in [0.1, 0.15) is 0 Å². The number of hydrogen-bond donors (Lipinski definition) is 2. The normalized spacial score (nSPS) is 11.1. The van der Waals surface area contributed by atoms with Gasteiger partial charge in [-0.15, -0.1) is 0 Å². The van der Waals surface area contributed by atoms with Gasteiger partial charge >= 0.3 is 0 Å². The van der Waals surface area contributed by atoms with Crippen LogP contribution in [0, 0.1) is 23.3 Å². The van der Waals surface area contributed by atoms with E-state index in [1.807, 2.05) is 0 Å². The molecular formula is C30H21F4N7O4S. The maximum absolute atomic E-state index is 13.8. The number of nitrogen functional groups attached to an aromatic ring is 1. The van der Waals surface area contributed by atoms with Crippen molar-refractivity contribution in [1.29, 1.82) is 0 Å². The Bertz CT molecular complexity index is 2200. The zero-order valence-corrected chi connectivity index (χ0v) is 24.3. The van der Waals surface area contributed by atoms with Gasteiger partial charge in [-0.05, 0) is 59.7 Å². The monoisotopic (exact) mass is 651 g/mol. The van der Waals surface area contributed by atoms with Crippen molar-refractivity contribution in [2.24, 2.45) is 0 Å². The maximum atomic E-state index is 13.8. The molecule has 6 rings (SSSR count). The maximum Gasteiger partial charge on any atom is 0.264 e. The Balaban J connectivity index is 0.000000455. The topological polar surface area (TPSA) is 155 Å². The summed E-state index contributed by atoms with van der Waals surface area (Å²) in [4.78, 5) is 26.7. The summed E-state index contributed by atoms with van der Waals surface area (Å²) in [6, 6.07) is 15.2. The molecule has 0 radical (unpaired) electrons. The number of rotatable bonds is 6. The van der Waals surface area contributed by atoms with Gasteiger partial charge in [-0.2, -0.15) is 0 Å². The van der Waals surface area contributed by atoms with E-state index in [-0.39, 0.29) is 22.5 Å². The van der Waals surface area contributed by atoms with Crippen molar-refractivity contribution in [3.05, 3.63) is 125 Å². The van der Waals surface area contributed by atoms with Gasteiger partial charge in [-0.25, -0.2) is 50.6 Å². The number of halogens is 4. The van der Waals surface area contributed by atoms with E-state index < -0.39 is 38.9 Å². The number of pyridine rings is 1. The Labute approximate surface area is 258 Å². The van der Waals surface area contributed by atoms with Gasteiger partial charge < -0.3 is 10.5 Å². The van der Waals surface area contributed by atoms with E-state index in [1.54, 1.807) is 18.2 Å². The highest BCUT2D eigenvalue weighted by atomic mass is 32.2. The number of anilines is 2. The number of aromatic nitrogens is 5.